The van der Waals surface area contributed by atoms with Gasteiger partial charge in [0.1, 0.15) is 6.26 Å². The summed E-state index contributed by atoms with van der Waals surface area (Å²) in [6.07, 6.45) is 1.00. The average molecular weight is 226 g/mol. The number of hydrogen-bond donors (Lipinski definition) is 0. The summed E-state index contributed by atoms with van der Waals surface area (Å²) in [6, 6.07) is 0. The van der Waals surface area contributed by atoms with Crippen LogP contribution in [-0.4, -0.2) is 21.8 Å². The fourth-order valence-corrected chi connectivity index (χ4v) is 1.33. The van der Waals surface area contributed by atoms with E-state index in [1.807, 2.05) is 0 Å². The molecule has 0 aliphatic rings. The van der Waals surface area contributed by atoms with Crippen molar-refractivity contribution in [3.63, 3.8) is 0 Å². The minimum Gasteiger partial charge on any atom is -0.768 e. The van der Waals surface area contributed by atoms with Crippen molar-refractivity contribution < 1.29 is 52.3 Å². The molecule has 72 valence electrons. The zero-order chi connectivity index (χ0) is 10.0. The monoisotopic (exact) mass is 226 g/mol. The Labute approximate surface area is 105 Å². The summed E-state index contributed by atoms with van der Waals surface area (Å²) in [5, 5.41) is 0. The van der Waals surface area contributed by atoms with Gasteiger partial charge in [-0.15, -0.1) is 0 Å². The topological polar surface area (TPSA) is 79.6 Å². The van der Waals surface area contributed by atoms with Crippen LogP contribution in [0.15, 0.2) is 15.6 Å². The molecule has 5 nitrogen and oxygen atoms in total. The van der Waals surface area contributed by atoms with E-state index in [1.54, 1.807) is 0 Å². The molecule has 0 fully saturated rings. The van der Waals surface area contributed by atoms with Crippen LogP contribution in [0.3, 0.4) is 0 Å². The molecular weight excluding hydrogens is 219 g/mol. The van der Waals surface area contributed by atoms with Crippen LogP contribution in [-0.2, 0) is 15.8 Å². The number of rotatable bonds is 2. The molecule has 1 heterocycles. The first-order valence-electron chi connectivity index (χ1n) is 3.33. The molecule has 0 aliphatic heterocycles. The molecule has 7 heteroatoms. The van der Waals surface area contributed by atoms with Gasteiger partial charge in [0, 0.05) is 5.56 Å². The van der Waals surface area contributed by atoms with Crippen LogP contribution in [0.4, 0.5) is 0 Å². The summed E-state index contributed by atoms with van der Waals surface area (Å²) >= 11 is -2.39. The zero-order valence-electron chi connectivity index (χ0n) is 8.03. The first kappa shape index (κ1) is 13.9. The quantitative estimate of drug-likeness (QED) is 0.319. The number of furan rings is 1. The van der Waals surface area contributed by atoms with Crippen molar-refractivity contribution in [2.24, 2.45) is 0 Å². The van der Waals surface area contributed by atoms with E-state index in [0.717, 1.165) is 6.26 Å². The van der Waals surface area contributed by atoms with Crippen LogP contribution in [0.2, 0.25) is 0 Å². The van der Waals surface area contributed by atoms with Gasteiger partial charge in [0.15, 0.2) is 0 Å². The Morgan fingerprint density at radius 3 is 2.57 bits per heavy atom. The number of carbonyl (C=O) groups excluding carboxylic acids is 1. The van der Waals surface area contributed by atoms with Crippen molar-refractivity contribution in [1.29, 1.82) is 0 Å². The maximum absolute atomic E-state index is 11.0. The Morgan fingerprint density at radius 1 is 1.64 bits per heavy atom. The van der Waals surface area contributed by atoms with Crippen molar-refractivity contribution in [1.82, 2.24) is 0 Å². The second-order valence-electron chi connectivity index (χ2n) is 2.28. The van der Waals surface area contributed by atoms with Gasteiger partial charge in [-0.1, -0.05) is 0 Å². The summed E-state index contributed by atoms with van der Waals surface area (Å²) in [4.78, 5) is 10.9. The first-order chi connectivity index (χ1) is 6.07. The molecule has 0 N–H and O–H groups in total. The van der Waals surface area contributed by atoms with Crippen molar-refractivity contribution in [3.8, 4) is 0 Å². The van der Waals surface area contributed by atoms with E-state index in [-0.39, 0.29) is 45.8 Å². The number of hydrogen-bond acceptors (Lipinski definition) is 5. The molecule has 0 saturated heterocycles. The van der Waals surface area contributed by atoms with E-state index in [0.29, 0.717) is 0 Å². The third-order valence-electron chi connectivity index (χ3n) is 1.54. The normalized spacial score (nSPS) is 11.6. The van der Waals surface area contributed by atoms with E-state index < -0.39 is 17.0 Å². The number of carbonyl (C=O) groups is 1. The van der Waals surface area contributed by atoms with Gasteiger partial charge >= 0.3 is 35.5 Å². The van der Waals surface area contributed by atoms with Crippen molar-refractivity contribution in [2.45, 2.75) is 11.8 Å². The second-order valence-corrected chi connectivity index (χ2v) is 3.19. The summed E-state index contributed by atoms with van der Waals surface area (Å²) in [5.41, 5.74) is 0.264. The Bertz CT molecular complexity index is 359. The predicted octanol–water partition coefficient (Wildman–Crippen LogP) is -2.38. The molecule has 0 radical (unpaired) electrons. The molecule has 14 heavy (non-hydrogen) atoms. The fourth-order valence-electron chi connectivity index (χ4n) is 0.859. The van der Waals surface area contributed by atoms with Gasteiger partial charge in [0.25, 0.3) is 0 Å². The smallest absolute Gasteiger partial charge is 0.768 e. The minimum absolute atomic E-state index is 0. The van der Waals surface area contributed by atoms with Crippen LogP contribution in [0.1, 0.15) is 16.1 Å². The van der Waals surface area contributed by atoms with Crippen molar-refractivity contribution >= 4 is 17.0 Å². The molecule has 0 aliphatic carbocycles. The van der Waals surface area contributed by atoms with Gasteiger partial charge in [-0.3, -0.25) is 4.21 Å². The van der Waals surface area contributed by atoms with Crippen LogP contribution in [0.25, 0.3) is 0 Å². The van der Waals surface area contributed by atoms with Gasteiger partial charge in [-0.05, 0) is 18.0 Å². The molecule has 0 bridgehead atoms. The Kier molecular flexibility index (Phi) is 5.61. The fraction of sp³-hybridized carbons (Fsp3) is 0.286. The van der Waals surface area contributed by atoms with Crippen LogP contribution in [0, 0.1) is 6.92 Å². The minimum atomic E-state index is -2.39. The maximum Gasteiger partial charge on any atom is 1.00 e. The van der Waals surface area contributed by atoms with Crippen molar-refractivity contribution in [2.75, 3.05) is 7.11 Å². The molecule has 0 saturated carbocycles. The molecule has 1 aromatic heterocycles. The third-order valence-corrected chi connectivity index (χ3v) is 2.31. The van der Waals surface area contributed by atoms with Crippen LogP contribution >= 0.6 is 0 Å². The average Bonchev–Trinajstić information content (AvgIpc) is 2.46. The zero-order valence-corrected chi connectivity index (χ0v) is 10.8. The molecular formula is C7H7NaO5S. The van der Waals surface area contributed by atoms with E-state index in [2.05, 4.69) is 4.74 Å². The third kappa shape index (κ3) is 2.68. The molecule has 1 aromatic rings. The second kappa shape index (κ2) is 5.67. The number of ether oxygens (including phenoxy) is 1. The number of esters is 1. The largest absolute Gasteiger partial charge is 1.00 e. The molecule has 0 amide bonds. The summed E-state index contributed by atoms with van der Waals surface area (Å²) in [6.45, 7) is 1.47. The van der Waals surface area contributed by atoms with E-state index in [9.17, 15) is 13.6 Å². The van der Waals surface area contributed by atoms with Gasteiger partial charge in [-0.2, -0.15) is 0 Å². The summed E-state index contributed by atoms with van der Waals surface area (Å²) in [7, 11) is 1.19. The van der Waals surface area contributed by atoms with Crippen molar-refractivity contribution in [3.05, 3.63) is 17.6 Å². The van der Waals surface area contributed by atoms with E-state index in [4.69, 9.17) is 4.42 Å². The Hall–Kier alpha value is -0.140. The Morgan fingerprint density at radius 2 is 2.21 bits per heavy atom. The first-order valence-corrected chi connectivity index (χ1v) is 4.41. The molecule has 1 atom stereocenters. The maximum atomic E-state index is 11.0. The molecule has 0 aromatic carbocycles. The molecule has 0 spiro atoms. The standard InChI is InChI=1S/C7H8O5S.Na/c1-4-5(13(9)10)3-12-6(4)7(8)11-2;/h3H,1-2H3,(H,9,10);/q;+1/p-1. The van der Waals surface area contributed by atoms with Crippen LogP contribution < -0.4 is 29.6 Å². The summed E-state index contributed by atoms with van der Waals surface area (Å²) < 4.78 is 30.2. The van der Waals surface area contributed by atoms with Gasteiger partial charge in [0.05, 0.1) is 12.0 Å². The molecule has 1 unspecified atom stereocenters. The molecule has 1 rings (SSSR count). The van der Waals surface area contributed by atoms with Crippen LogP contribution in [0.5, 0.6) is 0 Å². The van der Waals surface area contributed by atoms with Gasteiger partial charge in [0.2, 0.25) is 5.76 Å². The Balaban J connectivity index is 0.00000169. The number of methoxy groups -OCH3 is 1. The van der Waals surface area contributed by atoms with Gasteiger partial charge in [-0.25, -0.2) is 4.79 Å². The predicted molar refractivity (Wildman–Crippen MR) is 42.0 cm³/mol. The SMILES string of the molecule is COC(=O)c1occ(S(=O)[O-])c1C.[Na+]. The summed E-state index contributed by atoms with van der Waals surface area (Å²) in [5.74, 6) is -0.768. The van der Waals surface area contributed by atoms with E-state index >= 15 is 0 Å². The van der Waals surface area contributed by atoms with E-state index in [1.165, 1.54) is 14.0 Å². The van der Waals surface area contributed by atoms with Gasteiger partial charge < -0.3 is 13.7 Å².